The Balaban J connectivity index is 0.874. The van der Waals surface area contributed by atoms with Crippen LogP contribution in [0.1, 0.15) is 120 Å². The largest absolute Gasteiger partial charge is 0.456 e. The molecule has 3 saturated carbocycles. The first-order valence-corrected chi connectivity index (χ1v) is 27.7. The number of methoxy groups -OCH3 is 1. The van der Waals surface area contributed by atoms with Crippen molar-refractivity contribution in [3.63, 3.8) is 0 Å². The molecule has 4 aliphatic carbocycles. The van der Waals surface area contributed by atoms with Crippen LogP contribution in [0, 0.1) is 33.5 Å². The van der Waals surface area contributed by atoms with Gasteiger partial charge < -0.3 is 109 Å². The number of esters is 1. The van der Waals surface area contributed by atoms with Crippen molar-refractivity contribution in [1.29, 1.82) is 0 Å². The highest BCUT2D eigenvalue weighted by Crippen LogP contribution is 2.77. The molecule has 28 atom stereocenters. The summed E-state index contributed by atoms with van der Waals surface area (Å²) < 4.78 is 59.8. The third-order valence-electron chi connectivity index (χ3n) is 20.5. The van der Waals surface area contributed by atoms with E-state index in [0.717, 1.165) is 12.0 Å². The number of aliphatic hydroxyl groups is 12. The summed E-state index contributed by atoms with van der Waals surface area (Å²) in [6.07, 6.45) is -23.8. The van der Waals surface area contributed by atoms with E-state index in [4.69, 9.17) is 47.4 Å². The normalized spacial score (nSPS) is 53.7. The summed E-state index contributed by atoms with van der Waals surface area (Å²) in [5, 5.41) is 135. The van der Waals surface area contributed by atoms with E-state index in [1.165, 1.54) is 21.0 Å². The highest BCUT2D eigenvalue weighted by Gasteiger charge is 2.85. The lowest BCUT2D eigenvalue weighted by atomic mass is 9.40. The average molecular weight is 1110 g/mol. The quantitative estimate of drug-likeness (QED) is 0.0559. The van der Waals surface area contributed by atoms with E-state index in [0.29, 0.717) is 44.9 Å². The molecule has 9 rings (SSSR count). The standard InChI is InChI=1S/C54H88O23/c1-23-32(58)41(75-45-37(63)40(68-10)34(60)28(21-55)72-45)38(64)44(70-23)74-39-24(2)71-43(36(62)35(39)61)76-42-33(59)27(56)22-69-46(42)73-31-14-17-50(7)26-20-30(57)54-47(65)77-52(9,16-11-15-48(3,4)66)53(54,67)19-18-51(54,8)25(26)12-13-29(50)49(31,5)6/h20,23-25,27-46,55-64,66-67H,11-19,21-22H2,1-10H3/t23-,24-,25?,27-,28-,29?,30+,31?,32-,33+,34-,35-,36-,37-,38-,39-,40+,41+,42-,43-,44+,45+,46+,50-,51+,52+,53+,54?/m1/s1. The van der Waals surface area contributed by atoms with Gasteiger partial charge in [-0.15, -0.1) is 0 Å². The number of aliphatic hydroxyl groups excluding tert-OH is 10. The van der Waals surface area contributed by atoms with Crippen LogP contribution in [0.2, 0.25) is 0 Å². The Bertz CT molecular complexity index is 2140. The number of fused-ring (bicyclic) bond motifs is 4. The molecule has 5 heterocycles. The summed E-state index contributed by atoms with van der Waals surface area (Å²) in [6.45, 7) is 15.6. The average Bonchev–Trinajstić information content (AvgIpc) is 3.80. The van der Waals surface area contributed by atoms with Gasteiger partial charge in [-0.25, -0.2) is 0 Å². The van der Waals surface area contributed by atoms with Crippen molar-refractivity contribution in [1.82, 2.24) is 0 Å². The van der Waals surface area contributed by atoms with Gasteiger partial charge in [0.1, 0.15) is 96.0 Å². The van der Waals surface area contributed by atoms with Crippen molar-refractivity contribution in [3.8, 4) is 0 Å². The monoisotopic (exact) mass is 1100 g/mol. The number of carbonyl (C=O) groups is 1. The van der Waals surface area contributed by atoms with Gasteiger partial charge in [-0.3, -0.25) is 4.79 Å². The van der Waals surface area contributed by atoms with Crippen LogP contribution in [-0.4, -0.2) is 233 Å². The van der Waals surface area contributed by atoms with Crippen LogP contribution >= 0.6 is 0 Å². The van der Waals surface area contributed by atoms with Gasteiger partial charge in [0.25, 0.3) is 0 Å². The van der Waals surface area contributed by atoms with Crippen molar-refractivity contribution < 1.29 is 113 Å². The molecule has 23 nitrogen and oxygen atoms in total. The Morgan fingerprint density at radius 3 is 1.97 bits per heavy atom. The predicted molar refractivity (Wildman–Crippen MR) is 263 cm³/mol. The molecule has 77 heavy (non-hydrogen) atoms. The van der Waals surface area contributed by atoms with Gasteiger partial charge in [0.2, 0.25) is 0 Å². The summed E-state index contributed by atoms with van der Waals surface area (Å²) in [4.78, 5) is 14.5. The summed E-state index contributed by atoms with van der Waals surface area (Å²) in [5.74, 6) is -0.759. The van der Waals surface area contributed by atoms with Gasteiger partial charge in [-0.05, 0) is 120 Å². The Morgan fingerprint density at radius 2 is 1.31 bits per heavy atom. The molecule has 0 radical (unpaired) electrons. The van der Waals surface area contributed by atoms with Crippen LogP contribution in [0.25, 0.3) is 0 Å². The first kappa shape index (κ1) is 60.0. The molecule has 8 fully saturated rings. The summed E-state index contributed by atoms with van der Waals surface area (Å²) in [7, 11) is 1.23. The highest BCUT2D eigenvalue weighted by atomic mass is 16.8. The highest BCUT2D eigenvalue weighted by molar-refractivity contribution is 5.86. The first-order valence-electron chi connectivity index (χ1n) is 27.7. The van der Waals surface area contributed by atoms with Crippen molar-refractivity contribution in [2.75, 3.05) is 20.3 Å². The molecular weight excluding hydrogens is 1020 g/mol. The Labute approximate surface area is 449 Å². The third-order valence-corrected chi connectivity index (χ3v) is 20.5. The molecule has 0 aromatic rings. The van der Waals surface area contributed by atoms with Gasteiger partial charge in [0.05, 0.1) is 43.2 Å². The van der Waals surface area contributed by atoms with Crippen molar-refractivity contribution in [2.45, 2.75) is 266 Å². The lowest BCUT2D eigenvalue weighted by Gasteiger charge is -2.64. The fraction of sp³-hybridized carbons (Fsp3) is 0.944. The predicted octanol–water partition coefficient (Wildman–Crippen LogP) is -1.08. The molecule has 23 heteroatoms. The molecule has 0 amide bonds. The van der Waals surface area contributed by atoms with Crippen LogP contribution in [0.5, 0.6) is 0 Å². The topological polar surface area (TPSA) is 352 Å². The maximum absolute atomic E-state index is 14.5. The van der Waals surface area contributed by atoms with E-state index in [1.54, 1.807) is 20.8 Å². The van der Waals surface area contributed by atoms with Crippen LogP contribution in [0.15, 0.2) is 11.6 Å². The van der Waals surface area contributed by atoms with Crippen LogP contribution < -0.4 is 0 Å². The number of allylic oxidation sites excluding steroid dienone is 1. The second-order valence-corrected chi connectivity index (χ2v) is 25.9. The Morgan fingerprint density at radius 1 is 0.688 bits per heavy atom. The van der Waals surface area contributed by atoms with Crippen molar-refractivity contribution in [3.05, 3.63) is 11.6 Å². The fourth-order valence-electron chi connectivity index (χ4n) is 16.2. The molecular formula is C54H88O23. The summed E-state index contributed by atoms with van der Waals surface area (Å²) in [6, 6.07) is 0. The van der Waals surface area contributed by atoms with E-state index >= 15 is 0 Å². The van der Waals surface area contributed by atoms with Gasteiger partial charge in [0, 0.05) is 7.11 Å². The Kier molecular flexibility index (Phi) is 16.5. The zero-order chi connectivity index (χ0) is 56.5. The molecule has 4 unspecified atom stereocenters. The van der Waals surface area contributed by atoms with Gasteiger partial charge in [-0.1, -0.05) is 39.3 Å². The van der Waals surface area contributed by atoms with E-state index in [9.17, 15) is 66.1 Å². The molecule has 0 bridgehead atoms. The first-order chi connectivity index (χ1) is 35.9. The molecule has 5 saturated heterocycles. The van der Waals surface area contributed by atoms with Gasteiger partial charge >= 0.3 is 5.97 Å². The van der Waals surface area contributed by atoms with Crippen LogP contribution in [0.3, 0.4) is 0 Å². The Hall–Kier alpha value is -1.63. The van der Waals surface area contributed by atoms with E-state index < -0.39 is 180 Å². The second kappa shape index (κ2) is 21.2. The fourth-order valence-corrected chi connectivity index (χ4v) is 16.2. The maximum atomic E-state index is 14.5. The number of ether oxygens (including phenoxy) is 10. The molecule has 1 spiro atoms. The smallest absolute Gasteiger partial charge is 0.319 e. The molecule has 5 aliphatic heterocycles. The molecule has 0 aromatic heterocycles. The molecule has 9 aliphatic rings. The number of hydrogen-bond acceptors (Lipinski definition) is 23. The lowest BCUT2D eigenvalue weighted by Crippen LogP contribution is -2.68. The summed E-state index contributed by atoms with van der Waals surface area (Å²) in [5.41, 5.74) is -6.29. The van der Waals surface area contributed by atoms with E-state index in [1.807, 2.05) is 13.0 Å². The third kappa shape index (κ3) is 9.42. The minimum atomic E-state index is -1.87. The number of hydrogen-bond donors (Lipinski definition) is 12. The molecule has 442 valence electrons. The number of rotatable bonds is 14. The summed E-state index contributed by atoms with van der Waals surface area (Å²) >= 11 is 0. The van der Waals surface area contributed by atoms with E-state index in [2.05, 4.69) is 20.8 Å². The number of cyclic esters (lactones) is 1. The van der Waals surface area contributed by atoms with Gasteiger partial charge in [0.15, 0.2) is 25.2 Å². The van der Waals surface area contributed by atoms with Crippen molar-refractivity contribution in [2.24, 2.45) is 33.5 Å². The van der Waals surface area contributed by atoms with Gasteiger partial charge in [-0.2, -0.15) is 0 Å². The maximum Gasteiger partial charge on any atom is 0.319 e. The van der Waals surface area contributed by atoms with Crippen LogP contribution in [0.4, 0.5) is 0 Å². The molecule has 0 aromatic carbocycles. The number of carbonyl (C=O) groups excluding carboxylic acids is 1. The second-order valence-electron chi connectivity index (χ2n) is 25.9. The zero-order valence-corrected chi connectivity index (χ0v) is 46.0. The minimum Gasteiger partial charge on any atom is -0.456 e. The molecule has 12 N–H and O–H groups in total. The SMILES string of the molecule is CO[C@@H]1[C@@H](O)[C@H](O[C@@H]2[C@@H](O)[C@H](O[C@H]3[C@H](O)[C@@H](O)[C@@H](O[C@H]4[C@H](OC5CC[C@]6(C)C7=C[C@H](O)C89C(=O)O[C@@](C)(CCCC(C)(C)O)[C@@]8(O)CC[C@@]9(C)C7CCC6C5(C)C)OC[C@@H](O)[C@@H]4O)O[C@@H]3C)O[C@H](C)[C@H]2O)O[C@H](CO)[C@H]1O. The lowest BCUT2D eigenvalue weighted by molar-refractivity contribution is -0.387. The zero-order valence-electron chi connectivity index (χ0n) is 46.0. The van der Waals surface area contributed by atoms with Crippen molar-refractivity contribution >= 4 is 5.97 Å². The minimum absolute atomic E-state index is 0.0264. The van der Waals surface area contributed by atoms with E-state index in [-0.39, 0.29) is 24.9 Å². The van der Waals surface area contributed by atoms with Crippen LogP contribution in [-0.2, 0) is 52.2 Å².